The number of thioether (sulfide) groups is 1. The Morgan fingerprint density at radius 1 is 1.44 bits per heavy atom. The zero-order valence-electron chi connectivity index (χ0n) is 14.3. The molecule has 1 N–H and O–H groups in total. The number of allylic oxidation sites excluding steroid dienone is 1. The van der Waals surface area contributed by atoms with Gasteiger partial charge in [-0.25, -0.2) is 0 Å². The minimum Gasteiger partial charge on any atom is -0.496 e. The molecule has 6 nitrogen and oxygen atoms in total. The number of amides is 1. The van der Waals surface area contributed by atoms with Gasteiger partial charge in [0.05, 0.1) is 18.4 Å². The van der Waals surface area contributed by atoms with Gasteiger partial charge in [0.25, 0.3) is 0 Å². The van der Waals surface area contributed by atoms with Crippen LogP contribution in [0.15, 0.2) is 42.1 Å². The summed E-state index contributed by atoms with van der Waals surface area (Å²) >= 11 is 1.38. The molecule has 1 fully saturated rings. The van der Waals surface area contributed by atoms with Crippen LogP contribution < -0.4 is 10.1 Å². The van der Waals surface area contributed by atoms with E-state index in [-0.39, 0.29) is 5.91 Å². The number of rotatable bonds is 9. The van der Waals surface area contributed by atoms with Gasteiger partial charge in [0.2, 0.25) is 5.91 Å². The van der Waals surface area contributed by atoms with Crippen molar-refractivity contribution in [2.45, 2.75) is 24.5 Å². The number of para-hydroxylation sites is 1. The van der Waals surface area contributed by atoms with Gasteiger partial charge in [0.1, 0.15) is 5.75 Å². The zero-order chi connectivity index (χ0) is 17.6. The van der Waals surface area contributed by atoms with E-state index in [2.05, 4.69) is 22.1 Å². The number of carbonyl (C=O) groups excluding carboxylic acids is 1. The molecule has 1 saturated carbocycles. The van der Waals surface area contributed by atoms with Gasteiger partial charge in [0, 0.05) is 13.1 Å². The molecule has 1 aliphatic carbocycles. The highest BCUT2D eigenvalue weighted by atomic mass is 32.2. The van der Waals surface area contributed by atoms with Crippen LogP contribution in [0.25, 0.3) is 11.4 Å². The predicted octanol–water partition coefficient (Wildman–Crippen LogP) is 2.76. The maximum atomic E-state index is 12.0. The zero-order valence-corrected chi connectivity index (χ0v) is 15.1. The summed E-state index contributed by atoms with van der Waals surface area (Å²) in [6, 6.07) is 7.68. The van der Waals surface area contributed by atoms with Crippen molar-refractivity contribution in [2.24, 2.45) is 5.92 Å². The molecule has 0 aliphatic heterocycles. The van der Waals surface area contributed by atoms with E-state index in [4.69, 9.17) is 4.74 Å². The van der Waals surface area contributed by atoms with Gasteiger partial charge in [-0.3, -0.25) is 9.36 Å². The van der Waals surface area contributed by atoms with Crippen molar-refractivity contribution in [1.29, 1.82) is 0 Å². The number of ether oxygens (including phenoxy) is 1. The molecule has 132 valence electrons. The fraction of sp³-hybridized carbons (Fsp3) is 0.389. The van der Waals surface area contributed by atoms with Gasteiger partial charge >= 0.3 is 0 Å². The third-order valence-electron chi connectivity index (χ3n) is 3.99. The van der Waals surface area contributed by atoms with Crippen molar-refractivity contribution in [3.05, 3.63) is 36.9 Å². The van der Waals surface area contributed by atoms with Crippen molar-refractivity contribution >= 4 is 17.7 Å². The molecule has 0 atom stereocenters. The minimum atomic E-state index is 0.0314. The molecule has 25 heavy (non-hydrogen) atoms. The van der Waals surface area contributed by atoms with Gasteiger partial charge in [-0.15, -0.1) is 16.8 Å². The first kappa shape index (κ1) is 17.5. The molecule has 3 rings (SSSR count). The number of hydrogen-bond donors (Lipinski definition) is 1. The number of nitrogens with one attached hydrogen (secondary N) is 1. The second-order valence-corrected chi connectivity index (χ2v) is 6.88. The lowest BCUT2D eigenvalue weighted by Crippen LogP contribution is -2.27. The summed E-state index contributed by atoms with van der Waals surface area (Å²) in [5.41, 5.74) is 0.865. The fourth-order valence-electron chi connectivity index (χ4n) is 2.48. The largest absolute Gasteiger partial charge is 0.496 e. The number of nitrogens with zero attached hydrogens (tertiary/aromatic N) is 3. The van der Waals surface area contributed by atoms with Gasteiger partial charge in [-0.1, -0.05) is 30.0 Å². The predicted molar refractivity (Wildman–Crippen MR) is 98.7 cm³/mol. The quantitative estimate of drug-likeness (QED) is 0.551. The van der Waals surface area contributed by atoms with Crippen molar-refractivity contribution in [3.8, 4) is 17.1 Å². The lowest BCUT2D eigenvalue weighted by Gasteiger charge is -2.10. The molecule has 1 aromatic carbocycles. The molecule has 2 aromatic rings. The van der Waals surface area contributed by atoms with Crippen molar-refractivity contribution in [1.82, 2.24) is 20.1 Å². The Balaban J connectivity index is 1.74. The Kier molecular flexibility index (Phi) is 5.75. The average molecular weight is 358 g/mol. The van der Waals surface area contributed by atoms with E-state index in [0.717, 1.165) is 17.9 Å². The highest BCUT2D eigenvalue weighted by Gasteiger charge is 2.22. The van der Waals surface area contributed by atoms with Crippen LogP contribution in [-0.4, -0.2) is 40.1 Å². The normalized spacial score (nSPS) is 13.5. The van der Waals surface area contributed by atoms with E-state index < -0.39 is 0 Å². The second kappa shape index (κ2) is 8.20. The van der Waals surface area contributed by atoms with Crippen molar-refractivity contribution in [2.75, 3.05) is 19.4 Å². The lowest BCUT2D eigenvalue weighted by atomic mass is 10.2. The van der Waals surface area contributed by atoms with E-state index in [1.54, 1.807) is 13.2 Å². The number of hydrogen-bond acceptors (Lipinski definition) is 5. The van der Waals surface area contributed by atoms with Crippen molar-refractivity contribution in [3.63, 3.8) is 0 Å². The van der Waals surface area contributed by atoms with Crippen LogP contribution in [0.2, 0.25) is 0 Å². The van der Waals surface area contributed by atoms with Crippen LogP contribution in [0, 0.1) is 5.92 Å². The maximum Gasteiger partial charge on any atom is 0.230 e. The van der Waals surface area contributed by atoms with Gasteiger partial charge < -0.3 is 10.1 Å². The summed E-state index contributed by atoms with van der Waals surface area (Å²) < 4.78 is 7.37. The molecule has 0 spiro atoms. The second-order valence-electron chi connectivity index (χ2n) is 5.94. The molecular formula is C18H22N4O2S. The summed E-state index contributed by atoms with van der Waals surface area (Å²) in [4.78, 5) is 12.0. The Morgan fingerprint density at radius 2 is 2.24 bits per heavy atom. The van der Waals surface area contributed by atoms with E-state index in [1.807, 2.05) is 28.8 Å². The van der Waals surface area contributed by atoms with Crippen LogP contribution in [0.1, 0.15) is 12.8 Å². The summed E-state index contributed by atoms with van der Waals surface area (Å²) in [7, 11) is 1.63. The first-order valence-electron chi connectivity index (χ1n) is 8.30. The van der Waals surface area contributed by atoms with Crippen LogP contribution in [-0.2, 0) is 11.3 Å². The van der Waals surface area contributed by atoms with Crippen LogP contribution in [0.5, 0.6) is 5.75 Å². The summed E-state index contributed by atoms with van der Waals surface area (Å²) in [6.07, 6.45) is 4.24. The topological polar surface area (TPSA) is 69.0 Å². The first-order valence-corrected chi connectivity index (χ1v) is 9.28. The average Bonchev–Trinajstić information content (AvgIpc) is 3.39. The number of methoxy groups -OCH3 is 1. The lowest BCUT2D eigenvalue weighted by molar-refractivity contribution is -0.118. The molecule has 1 amide bonds. The van der Waals surface area contributed by atoms with E-state index in [0.29, 0.717) is 29.2 Å². The summed E-state index contributed by atoms with van der Waals surface area (Å²) in [5.74, 6) is 2.48. The molecule has 7 heteroatoms. The molecule has 1 heterocycles. The molecule has 0 bridgehead atoms. The van der Waals surface area contributed by atoms with E-state index in [9.17, 15) is 4.79 Å². The molecule has 0 radical (unpaired) electrons. The molecular weight excluding hydrogens is 336 g/mol. The monoisotopic (exact) mass is 358 g/mol. The molecule has 1 aromatic heterocycles. The number of carbonyl (C=O) groups is 1. The highest BCUT2D eigenvalue weighted by molar-refractivity contribution is 7.99. The number of benzene rings is 1. The molecule has 1 aliphatic rings. The van der Waals surface area contributed by atoms with Crippen LogP contribution in [0.4, 0.5) is 0 Å². The maximum absolute atomic E-state index is 12.0. The Hall–Kier alpha value is -2.28. The van der Waals surface area contributed by atoms with E-state index >= 15 is 0 Å². The third-order valence-corrected chi connectivity index (χ3v) is 4.96. The summed E-state index contributed by atoms with van der Waals surface area (Å²) in [6.45, 7) is 5.15. The van der Waals surface area contributed by atoms with Gasteiger partial charge in [-0.05, 0) is 30.9 Å². The Bertz CT molecular complexity index is 755. The molecule has 0 unspecified atom stereocenters. The Morgan fingerprint density at radius 3 is 2.96 bits per heavy atom. The van der Waals surface area contributed by atoms with Crippen LogP contribution >= 0.6 is 11.8 Å². The third kappa shape index (κ3) is 4.42. The fourth-order valence-corrected chi connectivity index (χ4v) is 3.26. The van der Waals surface area contributed by atoms with E-state index in [1.165, 1.54) is 24.6 Å². The smallest absolute Gasteiger partial charge is 0.230 e. The Labute approximate surface area is 151 Å². The first-order chi connectivity index (χ1) is 12.2. The SMILES string of the molecule is C=CCn1c(SCC(=O)NCC2CC2)nnc1-c1ccccc1OC. The minimum absolute atomic E-state index is 0.0314. The number of aromatic nitrogens is 3. The highest BCUT2D eigenvalue weighted by Crippen LogP contribution is 2.31. The summed E-state index contributed by atoms with van der Waals surface area (Å²) in [5, 5.41) is 12.2. The van der Waals surface area contributed by atoms with Gasteiger partial charge in [-0.2, -0.15) is 0 Å². The van der Waals surface area contributed by atoms with Gasteiger partial charge in [0.15, 0.2) is 11.0 Å². The standard InChI is InChI=1S/C18H22N4O2S/c1-3-10-22-17(14-6-4-5-7-15(14)24-2)20-21-18(22)25-12-16(23)19-11-13-8-9-13/h3-7,13H,1,8-12H2,2H3,(H,19,23). The van der Waals surface area contributed by atoms with Crippen molar-refractivity contribution < 1.29 is 9.53 Å². The molecule has 0 saturated heterocycles. The van der Waals surface area contributed by atoms with Crippen LogP contribution in [0.3, 0.4) is 0 Å².